The second-order valence-electron chi connectivity index (χ2n) is 12.4. The summed E-state index contributed by atoms with van der Waals surface area (Å²) in [6, 6.07) is -1.47. The van der Waals surface area contributed by atoms with Crippen molar-refractivity contribution in [3.63, 3.8) is 0 Å². The van der Waals surface area contributed by atoms with Crippen molar-refractivity contribution in [2.24, 2.45) is 5.73 Å². The molecule has 0 bridgehead atoms. The maximum absolute atomic E-state index is 12.5. The van der Waals surface area contributed by atoms with E-state index in [1.165, 1.54) is 109 Å². The molecule has 45 heavy (non-hydrogen) atoms. The summed E-state index contributed by atoms with van der Waals surface area (Å²) in [5, 5.41) is 8.84. The standard InChI is InChI=1S/C34H68NO9P/c1-3-5-7-9-11-13-15-16-17-19-21-23-25-27-41-28-31(29-42-45(39,40)43-30-32(35)34(37)38)44-33(36)26-24-22-20-18-14-12-10-8-6-4-2/h31-32H,3-30,35H2,1-2H3,(H,37,38)(H,39,40). The average molecular weight is 666 g/mol. The summed E-state index contributed by atoms with van der Waals surface area (Å²) in [5.74, 6) is -1.77. The summed E-state index contributed by atoms with van der Waals surface area (Å²) in [6.45, 7) is 3.87. The van der Waals surface area contributed by atoms with E-state index in [-0.39, 0.29) is 13.0 Å². The Morgan fingerprint density at radius 3 is 1.47 bits per heavy atom. The number of esters is 1. The minimum Gasteiger partial charge on any atom is -0.480 e. The number of ether oxygens (including phenoxy) is 2. The van der Waals surface area contributed by atoms with Crippen molar-refractivity contribution in [1.82, 2.24) is 0 Å². The second kappa shape index (κ2) is 31.6. The number of rotatable bonds is 35. The van der Waals surface area contributed by atoms with Crippen LogP contribution in [0.5, 0.6) is 0 Å². The van der Waals surface area contributed by atoms with E-state index in [0.717, 1.165) is 38.5 Å². The zero-order valence-electron chi connectivity index (χ0n) is 28.7. The highest BCUT2D eigenvalue weighted by Gasteiger charge is 2.27. The highest BCUT2D eigenvalue weighted by molar-refractivity contribution is 7.47. The van der Waals surface area contributed by atoms with Crippen molar-refractivity contribution in [1.29, 1.82) is 0 Å². The predicted molar refractivity (Wildman–Crippen MR) is 180 cm³/mol. The van der Waals surface area contributed by atoms with E-state index in [2.05, 4.69) is 18.4 Å². The lowest BCUT2D eigenvalue weighted by Gasteiger charge is -2.20. The highest BCUT2D eigenvalue weighted by atomic mass is 31.2. The first-order valence-electron chi connectivity index (χ1n) is 18.1. The third kappa shape index (κ3) is 31.3. The fourth-order valence-corrected chi connectivity index (χ4v) is 5.79. The number of aliphatic carboxylic acids is 1. The number of carboxylic acid groups (broad SMARTS) is 1. The molecule has 0 spiro atoms. The van der Waals surface area contributed by atoms with Gasteiger partial charge in [0.1, 0.15) is 12.1 Å². The van der Waals surface area contributed by atoms with Crippen LogP contribution in [0.4, 0.5) is 0 Å². The Morgan fingerprint density at radius 1 is 0.622 bits per heavy atom. The van der Waals surface area contributed by atoms with Crippen LogP contribution in [0.1, 0.15) is 168 Å². The van der Waals surface area contributed by atoms with Crippen LogP contribution in [0, 0.1) is 0 Å². The molecule has 0 aromatic rings. The molecule has 11 heteroatoms. The van der Waals surface area contributed by atoms with Crippen molar-refractivity contribution >= 4 is 19.8 Å². The van der Waals surface area contributed by atoms with Crippen molar-refractivity contribution < 1.29 is 42.7 Å². The second-order valence-corrected chi connectivity index (χ2v) is 13.8. The summed E-state index contributed by atoms with van der Waals surface area (Å²) < 4.78 is 33.1. The van der Waals surface area contributed by atoms with E-state index in [9.17, 15) is 19.0 Å². The summed E-state index contributed by atoms with van der Waals surface area (Å²) >= 11 is 0. The first-order valence-corrected chi connectivity index (χ1v) is 19.6. The van der Waals surface area contributed by atoms with Crippen molar-refractivity contribution in [3.8, 4) is 0 Å². The number of nitrogens with two attached hydrogens (primary N) is 1. The van der Waals surface area contributed by atoms with Gasteiger partial charge in [-0.05, 0) is 12.8 Å². The monoisotopic (exact) mass is 665 g/mol. The van der Waals surface area contributed by atoms with Crippen molar-refractivity contribution in [3.05, 3.63) is 0 Å². The van der Waals surface area contributed by atoms with Gasteiger partial charge < -0.3 is 25.2 Å². The highest BCUT2D eigenvalue weighted by Crippen LogP contribution is 2.43. The van der Waals surface area contributed by atoms with E-state index in [4.69, 9.17) is 24.8 Å². The molecule has 0 aliphatic rings. The first kappa shape index (κ1) is 44.0. The molecule has 3 atom stereocenters. The van der Waals surface area contributed by atoms with Crippen LogP contribution in [-0.2, 0) is 32.7 Å². The minimum atomic E-state index is -4.59. The topological polar surface area (TPSA) is 155 Å². The molecule has 0 saturated carbocycles. The maximum Gasteiger partial charge on any atom is 0.472 e. The summed E-state index contributed by atoms with van der Waals surface area (Å²) in [7, 11) is -4.59. The lowest BCUT2D eigenvalue weighted by molar-refractivity contribution is -0.154. The van der Waals surface area contributed by atoms with Gasteiger partial charge in [-0.2, -0.15) is 0 Å². The van der Waals surface area contributed by atoms with Gasteiger partial charge in [0.15, 0.2) is 0 Å². The summed E-state index contributed by atoms with van der Waals surface area (Å²) in [5.41, 5.74) is 5.32. The zero-order valence-corrected chi connectivity index (χ0v) is 29.6. The smallest absolute Gasteiger partial charge is 0.472 e. The Morgan fingerprint density at radius 2 is 1.02 bits per heavy atom. The van der Waals surface area contributed by atoms with Gasteiger partial charge in [0, 0.05) is 13.0 Å². The van der Waals surface area contributed by atoms with E-state index < -0.39 is 45.1 Å². The number of carbonyl (C=O) groups excluding carboxylic acids is 1. The molecule has 10 nitrogen and oxygen atoms in total. The number of hydrogen-bond acceptors (Lipinski definition) is 8. The first-order chi connectivity index (χ1) is 21.7. The molecule has 0 heterocycles. The Kier molecular flexibility index (Phi) is 30.8. The number of phosphoric ester groups is 1. The van der Waals surface area contributed by atoms with Gasteiger partial charge in [-0.1, -0.05) is 149 Å². The van der Waals surface area contributed by atoms with Gasteiger partial charge in [-0.15, -0.1) is 0 Å². The molecule has 0 aromatic carbocycles. The molecule has 268 valence electrons. The zero-order chi connectivity index (χ0) is 33.4. The Labute approximate surface area is 274 Å². The van der Waals surface area contributed by atoms with E-state index in [1.807, 2.05) is 0 Å². The van der Waals surface area contributed by atoms with Gasteiger partial charge in [0.25, 0.3) is 0 Å². The van der Waals surface area contributed by atoms with Crippen LogP contribution >= 0.6 is 7.82 Å². The molecule has 0 rings (SSSR count). The number of hydrogen-bond donors (Lipinski definition) is 3. The van der Waals surface area contributed by atoms with Gasteiger partial charge in [0.2, 0.25) is 0 Å². The van der Waals surface area contributed by atoms with Crippen molar-refractivity contribution in [2.45, 2.75) is 180 Å². The number of phosphoric acid groups is 1. The third-order valence-corrected chi connectivity index (χ3v) is 8.84. The normalized spacial score (nSPS) is 14.2. The molecule has 3 unspecified atom stereocenters. The lowest BCUT2D eigenvalue weighted by Crippen LogP contribution is -2.34. The van der Waals surface area contributed by atoms with E-state index in [1.54, 1.807) is 0 Å². The number of carbonyl (C=O) groups is 2. The largest absolute Gasteiger partial charge is 0.480 e. The fraction of sp³-hybridized carbons (Fsp3) is 0.941. The minimum absolute atomic E-state index is 0.0245. The number of unbranched alkanes of at least 4 members (excludes halogenated alkanes) is 21. The summed E-state index contributed by atoms with van der Waals surface area (Å²) in [6.07, 6.45) is 27.3. The molecule has 0 amide bonds. The van der Waals surface area contributed by atoms with Crippen LogP contribution in [0.15, 0.2) is 0 Å². The number of carboxylic acids is 1. The van der Waals surface area contributed by atoms with Crippen LogP contribution in [0.25, 0.3) is 0 Å². The maximum atomic E-state index is 12.5. The molecule has 0 aliphatic carbocycles. The van der Waals surface area contributed by atoms with Crippen LogP contribution in [-0.4, -0.2) is 60.5 Å². The molecule has 4 N–H and O–H groups in total. The van der Waals surface area contributed by atoms with Crippen LogP contribution < -0.4 is 5.73 Å². The molecule has 0 radical (unpaired) electrons. The Bertz CT molecular complexity index is 740. The Balaban J connectivity index is 4.29. The van der Waals surface area contributed by atoms with Gasteiger partial charge in [-0.3, -0.25) is 18.6 Å². The molecule has 0 fully saturated rings. The van der Waals surface area contributed by atoms with Crippen LogP contribution in [0.2, 0.25) is 0 Å². The van der Waals surface area contributed by atoms with Gasteiger partial charge >= 0.3 is 19.8 Å². The predicted octanol–water partition coefficient (Wildman–Crippen LogP) is 8.86. The van der Waals surface area contributed by atoms with Crippen LogP contribution in [0.3, 0.4) is 0 Å². The molecular formula is C34H68NO9P. The Hall–Kier alpha value is -1.03. The molecular weight excluding hydrogens is 597 g/mol. The average Bonchev–Trinajstić information content (AvgIpc) is 3.01. The third-order valence-electron chi connectivity index (χ3n) is 7.89. The molecule has 0 aliphatic heterocycles. The van der Waals surface area contributed by atoms with Gasteiger partial charge in [-0.25, -0.2) is 4.57 Å². The SMILES string of the molecule is CCCCCCCCCCCCCCCOCC(COP(=O)(O)OCC(N)C(=O)O)OC(=O)CCCCCCCCCCCC. The lowest BCUT2D eigenvalue weighted by atomic mass is 10.0. The van der Waals surface area contributed by atoms with Gasteiger partial charge in [0.05, 0.1) is 19.8 Å². The van der Waals surface area contributed by atoms with E-state index >= 15 is 0 Å². The quantitative estimate of drug-likeness (QED) is 0.0340. The van der Waals surface area contributed by atoms with Crippen molar-refractivity contribution in [2.75, 3.05) is 26.4 Å². The molecule has 0 aromatic heterocycles. The molecule has 0 saturated heterocycles. The summed E-state index contributed by atoms with van der Waals surface area (Å²) in [4.78, 5) is 33.2. The van der Waals surface area contributed by atoms with E-state index in [0.29, 0.717) is 6.61 Å². The fourth-order valence-electron chi connectivity index (χ4n) is 5.01.